The predicted molar refractivity (Wildman–Crippen MR) is 57.9 cm³/mol. The Balaban J connectivity index is 2.47. The maximum Gasteiger partial charge on any atom is 0.220 e. The van der Waals surface area contributed by atoms with Gasteiger partial charge in [0.1, 0.15) is 0 Å². The van der Waals surface area contributed by atoms with Gasteiger partial charge in [-0.2, -0.15) is 0 Å². The summed E-state index contributed by atoms with van der Waals surface area (Å²) in [5, 5.41) is 0. The molecule has 0 aromatic heterocycles. The Morgan fingerprint density at radius 2 is 1.93 bits per heavy atom. The Labute approximate surface area is 86.6 Å². The van der Waals surface area contributed by atoms with Gasteiger partial charge in [0.25, 0.3) is 0 Å². The summed E-state index contributed by atoms with van der Waals surface area (Å²) in [5.74, 6) is -0.0159. The molecular weight excluding hydrogens is 176 g/mol. The van der Waals surface area contributed by atoms with Gasteiger partial charge in [-0.05, 0) is 46.2 Å². The number of carbonyl (C=O) groups excluding carboxylic acids is 1. The molecule has 0 radical (unpaired) electrons. The van der Waals surface area contributed by atoms with E-state index in [0.29, 0.717) is 0 Å². The van der Waals surface area contributed by atoms with E-state index in [1.165, 1.54) is 0 Å². The van der Waals surface area contributed by atoms with E-state index in [4.69, 9.17) is 5.73 Å². The van der Waals surface area contributed by atoms with Crippen molar-refractivity contribution < 1.29 is 4.79 Å². The fraction of sp³-hybridized carbons (Fsp3) is 0.909. The molecule has 0 aliphatic carbocycles. The zero-order chi connectivity index (χ0) is 10.8. The van der Waals surface area contributed by atoms with E-state index >= 15 is 0 Å². The molecule has 1 amide bonds. The first-order valence-corrected chi connectivity index (χ1v) is 5.51. The van der Waals surface area contributed by atoms with Crippen molar-refractivity contribution in [2.75, 3.05) is 13.1 Å². The smallest absolute Gasteiger partial charge is 0.220 e. The quantitative estimate of drug-likeness (QED) is 0.744. The summed E-state index contributed by atoms with van der Waals surface area (Å²) in [7, 11) is 0. The number of amides is 1. The minimum atomic E-state index is -0.126. The first-order valence-electron chi connectivity index (χ1n) is 5.51. The molecule has 0 bridgehead atoms. The number of nitrogens with zero attached hydrogens (tertiary/aromatic N) is 1. The lowest BCUT2D eigenvalue weighted by Gasteiger charge is -2.42. The summed E-state index contributed by atoms with van der Waals surface area (Å²) in [4.78, 5) is 13.4. The van der Waals surface area contributed by atoms with Crippen molar-refractivity contribution in [3.8, 4) is 0 Å². The normalized spacial score (nSPS) is 21.1. The van der Waals surface area contributed by atoms with Gasteiger partial charge in [0.05, 0.1) is 0 Å². The molecule has 3 heteroatoms. The number of carbonyl (C=O) groups is 1. The fourth-order valence-corrected chi connectivity index (χ4v) is 1.99. The first kappa shape index (κ1) is 11.5. The van der Waals surface area contributed by atoms with Crippen LogP contribution in [0.5, 0.6) is 0 Å². The molecule has 0 aromatic rings. The van der Waals surface area contributed by atoms with Crippen LogP contribution in [0.25, 0.3) is 0 Å². The average molecular weight is 198 g/mol. The second kappa shape index (κ2) is 4.30. The highest BCUT2D eigenvalue weighted by Gasteiger charge is 2.30. The van der Waals surface area contributed by atoms with Gasteiger partial charge in [-0.15, -0.1) is 0 Å². The molecule has 14 heavy (non-hydrogen) atoms. The van der Waals surface area contributed by atoms with Crippen molar-refractivity contribution in [3.63, 3.8) is 0 Å². The first-order chi connectivity index (χ1) is 6.47. The van der Waals surface area contributed by atoms with Gasteiger partial charge in [-0.25, -0.2) is 0 Å². The second-order valence-electron chi connectivity index (χ2n) is 4.83. The molecule has 0 atom stereocenters. The fourth-order valence-electron chi connectivity index (χ4n) is 1.99. The van der Waals surface area contributed by atoms with E-state index in [2.05, 4.69) is 25.7 Å². The standard InChI is InChI=1S/C11H22N2O/c1-4-11(2,3)13-7-5-9(6-8-13)10(12)14/h9H,4-8H2,1-3H3,(H2,12,14). The number of likely N-dealkylation sites (tertiary alicyclic amines) is 1. The lowest BCUT2D eigenvalue weighted by Crippen LogP contribution is -2.49. The summed E-state index contributed by atoms with van der Waals surface area (Å²) >= 11 is 0. The summed E-state index contributed by atoms with van der Waals surface area (Å²) in [6.07, 6.45) is 3.01. The van der Waals surface area contributed by atoms with Crippen molar-refractivity contribution in [1.29, 1.82) is 0 Å². The molecule has 1 aliphatic heterocycles. The Morgan fingerprint density at radius 1 is 1.43 bits per heavy atom. The number of hydrogen-bond donors (Lipinski definition) is 1. The van der Waals surface area contributed by atoms with Gasteiger partial charge in [0.15, 0.2) is 0 Å². The van der Waals surface area contributed by atoms with Crippen LogP contribution < -0.4 is 5.73 Å². The van der Waals surface area contributed by atoms with Gasteiger partial charge in [0, 0.05) is 11.5 Å². The zero-order valence-electron chi connectivity index (χ0n) is 9.55. The van der Waals surface area contributed by atoms with Crippen LogP contribution in [0.2, 0.25) is 0 Å². The Kier molecular flexibility index (Phi) is 3.53. The van der Waals surface area contributed by atoms with Crippen molar-refractivity contribution in [2.24, 2.45) is 11.7 Å². The SMILES string of the molecule is CCC(C)(C)N1CCC(C(N)=O)CC1. The third-order valence-corrected chi connectivity index (χ3v) is 3.62. The minimum absolute atomic E-state index is 0.110. The van der Waals surface area contributed by atoms with Crippen molar-refractivity contribution in [2.45, 2.75) is 45.6 Å². The summed E-state index contributed by atoms with van der Waals surface area (Å²) in [5.41, 5.74) is 5.56. The number of hydrogen-bond acceptors (Lipinski definition) is 2. The summed E-state index contributed by atoms with van der Waals surface area (Å²) in [6, 6.07) is 0. The molecule has 0 aromatic carbocycles. The van der Waals surface area contributed by atoms with Gasteiger partial charge in [0.2, 0.25) is 5.91 Å². The van der Waals surface area contributed by atoms with Crippen LogP contribution in [0.1, 0.15) is 40.0 Å². The lowest BCUT2D eigenvalue weighted by molar-refractivity contribution is -0.123. The number of nitrogens with two attached hydrogens (primary N) is 1. The lowest BCUT2D eigenvalue weighted by atomic mass is 9.90. The Bertz CT molecular complexity index is 205. The number of piperidine rings is 1. The van der Waals surface area contributed by atoms with E-state index in [-0.39, 0.29) is 17.4 Å². The predicted octanol–water partition coefficient (Wildman–Crippen LogP) is 1.37. The molecule has 1 fully saturated rings. The van der Waals surface area contributed by atoms with Crippen LogP contribution in [-0.2, 0) is 4.79 Å². The third kappa shape index (κ3) is 2.47. The highest BCUT2D eigenvalue weighted by atomic mass is 16.1. The van der Waals surface area contributed by atoms with Crippen LogP contribution in [-0.4, -0.2) is 29.4 Å². The van der Waals surface area contributed by atoms with Gasteiger partial charge >= 0.3 is 0 Å². The molecule has 0 saturated carbocycles. The second-order valence-corrected chi connectivity index (χ2v) is 4.83. The molecule has 1 rings (SSSR count). The maximum absolute atomic E-state index is 11.0. The summed E-state index contributed by atoms with van der Waals surface area (Å²) < 4.78 is 0. The average Bonchev–Trinajstić information content (AvgIpc) is 2.18. The zero-order valence-corrected chi connectivity index (χ0v) is 9.55. The highest BCUT2D eigenvalue weighted by Crippen LogP contribution is 2.25. The molecule has 1 aliphatic rings. The molecule has 3 nitrogen and oxygen atoms in total. The van der Waals surface area contributed by atoms with Crippen LogP contribution in [0.3, 0.4) is 0 Å². The molecule has 1 heterocycles. The Morgan fingerprint density at radius 3 is 2.29 bits per heavy atom. The summed E-state index contributed by atoms with van der Waals surface area (Å²) in [6.45, 7) is 8.75. The van der Waals surface area contributed by atoms with E-state index in [9.17, 15) is 4.79 Å². The van der Waals surface area contributed by atoms with Gasteiger partial charge < -0.3 is 5.73 Å². The van der Waals surface area contributed by atoms with E-state index in [1.54, 1.807) is 0 Å². The van der Waals surface area contributed by atoms with E-state index in [1.807, 2.05) is 0 Å². The molecule has 2 N–H and O–H groups in total. The Hall–Kier alpha value is -0.570. The van der Waals surface area contributed by atoms with Crippen molar-refractivity contribution in [3.05, 3.63) is 0 Å². The molecule has 82 valence electrons. The van der Waals surface area contributed by atoms with Crippen LogP contribution in [0.15, 0.2) is 0 Å². The van der Waals surface area contributed by atoms with Crippen LogP contribution in [0, 0.1) is 5.92 Å². The molecular formula is C11H22N2O. The molecule has 1 saturated heterocycles. The van der Waals surface area contributed by atoms with Gasteiger partial charge in [-0.3, -0.25) is 9.69 Å². The molecule has 0 spiro atoms. The van der Waals surface area contributed by atoms with Crippen LogP contribution in [0.4, 0.5) is 0 Å². The maximum atomic E-state index is 11.0. The highest BCUT2D eigenvalue weighted by molar-refractivity contribution is 5.76. The van der Waals surface area contributed by atoms with Crippen LogP contribution >= 0.6 is 0 Å². The van der Waals surface area contributed by atoms with E-state index in [0.717, 1.165) is 32.4 Å². The molecule has 0 unspecified atom stereocenters. The third-order valence-electron chi connectivity index (χ3n) is 3.62. The van der Waals surface area contributed by atoms with Crippen molar-refractivity contribution >= 4 is 5.91 Å². The minimum Gasteiger partial charge on any atom is -0.369 e. The topological polar surface area (TPSA) is 46.3 Å². The number of primary amides is 1. The number of rotatable bonds is 3. The largest absolute Gasteiger partial charge is 0.369 e. The van der Waals surface area contributed by atoms with E-state index < -0.39 is 0 Å². The van der Waals surface area contributed by atoms with Crippen molar-refractivity contribution in [1.82, 2.24) is 4.90 Å². The monoisotopic (exact) mass is 198 g/mol. The van der Waals surface area contributed by atoms with Gasteiger partial charge in [-0.1, -0.05) is 6.92 Å².